The van der Waals surface area contributed by atoms with Crippen molar-refractivity contribution in [1.29, 1.82) is 0 Å². The number of aryl methyl sites for hydroxylation is 2. The Morgan fingerprint density at radius 2 is 1.75 bits per heavy atom. The van der Waals surface area contributed by atoms with Gasteiger partial charge < -0.3 is 5.32 Å². The van der Waals surface area contributed by atoms with Crippen molar-refractivity contribution in [2.75, 3.05) is 0 Å². The number of fused-ring (bicyclic) bond motifs is 1. The lowest BCUT2D eigenvalue weighted by atomic mass is 10.1. The van der Waals surface area contributed by atoms with Crippen LogP contribution < -0.4 is 5.32 Å². The molecule has 3 heteroatoms. The summed E-state index contributed by atoms with van der Waals surface area (Å²) in [6, 6.07) is 13.6. The molecule has 0 amide bonds. The van der Waals surface area contributed by atoms with E-state index >= 15 is 0 Å². The van der Waals surface area contributed by atoms with Crippen molar-refractivity contribution in [1.82, 2.24) is 5.32 Å². The van der Waals surface area contributed by atoms with E-state index < -0.39 is 0 Å². The van der Waals surface area contributed by atoms with Gasteiger partial charge in [0.25, 0.3) is 0 Å². The van der Waals surface area contributed by atoms with Gasteiger partial charge in [0.15, 0.2) is 0 Å². The summed E-state index contributed by atoms with van der Waals surface area (Å²) in [5, 5.41) is 3.31. The highest BCUT2D eigenvalue weighted by molar-refractivity contribution is 5.85. The average molecular weight is 292 g/mol. The highest BCUT2D eigenvalue weighted by Crippen LogP contribution is 2.22. The van der Waals surface area contributed by atoms with Gasteiger partial charge in [-0.3, -0.25) is 0 Å². The largest absolute Gasteiger partial charge is 0.309 e. The maximum absolute atomic E-state index is 13.5. The van der Waals surface area contributed by atoms with Crippen LogP contribution in [0.4, 0.5) is 4.39 Å². The third kappa shape index (κ3) is 3.38. The topological polar surface area (TPSA) is 12.0 Å². The molecule has 0 fully saturated rings. The van der Waals surface area contributed by atoms with Gasteiger partial charge in [-0.25, -0.2) is 4.39 Å². The van der Waals surface area contributed by atoms with E-state index in [-0.39, 0.29) is 18.2 Å². The Balaban J connectivity index is 0.00000147. The summed E-state index contributed by atoms with van der Waals surface area (Å²) in [6.45, 7) is 1.37. The van der Waals surface area contributed by atoms with E-state index in [2.05, 4.69) is 23.5 Å². The molecule has 1 aliphatic carbocycles. The van der Waals surface area contributed by atoms with Crippen molar-refractivity contribution >= 4 is 12.4 Å². The summed E-state index contributed by atoms with van der Waals surface area (Å²) in [5.74, 6) is -0.135. The number of halogens is 2. The zero-order valence-electron chi connectivity index (χ0n) is 11.4. The zero-order chi connectivity index (χ0) is 13.1. The van der Waals surface area contributed by atoms with Crippen LogP contribution in [0.3, 0.4) is 0 Å². The van der Waals surface area contributed by atoms with Crippen LogP contribution in [-0.2, 0) is 25.9 Å². The lowest BCUT2D eigenvalue weighted by Gasteiger charge is -2.08. The molecule has 1 nitrogen and oxygen atoms in total. The second-order valence-electron chi connectivity index (χ2n) is 5.15. The Morgan fingerprint density at radius 1 is 0.950 bits per heavy atom. The van der Waals surface area contributed by atoms with Crippen molar-refractivity contribution in [3.05, 3.63) is 70.5 Å². The van der Waals surface area contributed by atoms with Gasteiger partial charge in [-0.1, -0.05) is 36.4 Å². The number of rotatable bonds is 4. The minimum Gasteiger partial charge on any atom is -0.309 e. The predicted octanol–water partition coefficient (Wildman–Crippen LogP) is 4.03. The molecule has 1 aliphatic rings. The first-order valence-corrected chi connectivity index (χ1v) is 6.88. The molecule has 0 heterocycles. The van der Waals surface area contributed by atoms with Crippen LogP contribution in [0.1, 0.15) is 28.7 Å². The number of hydrogen-bond acceptors (Lipinski definition) is 1. The highest BCUT2D eigenvalue weighted by Gasteiger charge is 2.10. The lowest BCUT2D eigenvalue weighted by Crippen LogP contribution is -2.13. The van der Waals surface area contributed by atoms with Gasteiger partial charge in [0.2, 0.25) is 0 Å². The maximum Gasteiger partial charge on any atom is 0.127 e. The van der Waals surface area contributed by atoms with Crippen LogP contribution in [0.25, 0.3) is 0 Å². The van der Waals surface area contributed by atoms with Gasteiger partial charge in [-0.15, -0.1) is 12.4 Å². The predicted molar refractivity (Wildman–Crippen MR) is 82.7 cm³/mol. The zero-order valence-corrected chi connectivity index (χ0v) is 12.2. The Labute approximate surface area is 125 Å². The molecule has 2 aromatic rings. The van der Waals surface area contributed by atoms with Crippen LogP contribution >= 0.6 is 12.4 Å². The van der Waals surface area contributed by atoms with Crippen LogP contribution in [0.2, 0.25) is 0 Å². The standard InChI is InChI=1S/C17H18FN.ClH/c18-17-7-2-1-4-16(17)12-19-11-13-8-9-14-5-3-6-15(14)10-13;/h1-2,4,7-10,19H,3,5-6,11-12H2;1H. The lowest BCUT2D eigenvalue weighted by molar-refractivity contribution is 0.588. The molecule has 0 unspecified atom stereocenters. The Bertz CT molecular complexity index is 583. The minimum absolute atomic E-state index is 0. The fraction of sp³-hybridized carbons (Fsp3) is 0.294. The monoisotopic (exact) mass is 291 g/mol. The first-order chi connectivity index (χ1) is 9.33. The molecule has 3 rings (SSSR count). The van der Waals surface area contributed by atoms with Crippen LogP contribution in [0, 0.1) is 5.82 Å². The van der Waals surface area contributed by atoms with E-state index in [9.17, 15) is 4.39 Å². The Kier molecular flexibility index (Phi) is 5.16. The van der Waals surface area contributed by atoms with E-state index in [1.54, 1.807) is 6.07 Å². The van der Waals surface area contributed by atoms with Crippen molar-refractivity contribution in [2.24, 2.45) is 0 Å². The molecular formula is C17H19ClFN. The van der Waals surface area contributed by atoms with E-state index in [1.165, 1.54) is 42.0 Å². The van der Waals surface area contributed by atoms with Gasteiger partial charge in [-0.05, 0) is 42.0 Å². The normalized spacial score (nSPS) is 12.8. The summed E-state index contributed by atoms with van der Waals surface area (Å²) >= 11 is 0. The molecule has 0 radical (unpaired) electrons. The molecule has 0 spiro atoms. The molecule has 2 aromatic carbocycles. The molecule has 106 valence electrons. The molecule has 0 aromatic heterocycles. The summed E-state index contributed by atoms with van der Waals surface area (Å²) in [5.41, 5.74) is 5.00. The number of nitrogens with one attached hydrogen (secondary N) is 1. The average Bonchev–Trinajstić information content (AvgIpc) is 2.88. The van der Waals surface area contributed by atoms with Crippen molar-refractivity contribution in [3.63, 3.8) is 0 Å². The molecule has 0 aliphatic heterocycles. The molecule has 0 atom stereocenters. The maximum atomic E-state index is 13.5. The molecule has 1 N–H and O–H groups in total. The number of hydrogen-bond donors (Lipinski definition) is 1. The second-order valence-corrected chi connectivity index (χ2v) is 5.15. The first kappa shape index (κ1) is 15.0. The fourth-order valence-corrected chi connectivity index (χ4v) is 2.72. The SMILES string of the molecule is Cl.Fc1ccccc1CNCc1ccc2c(c1)CCC2. The van der Waals surface area contributed by atoms with Gasteiger partial charge in [0, 0.05) is 18.7 Å². The van der Waals surface area contributed by atoms with Crippen LogP contribution in [0.15, 0.2) is 42.5 Å². The van der Waals surface area contributed by atoms with Gasteiger partial charge in [0.1, 0.15) is 5.82 Å². The highest BCUT2D eigenvalue weighted by atomic mass is 35.5. The molecule has 0 saturated carbocycles. The van der Waals surface area contributed by atoms with Gasteiger partial charge in [-0.2, -0.15) is 0 Å². The quantitative estimate of drug-likeness (QED) is 0.897. The smallest absolute Gasteiger partial charge is 0.127 e. The summed E-state index contributed by atoms with van der Waals surface area (Å²) in [6.07, 6.45) is 3.70. The van der Waals surface area contributed by atoms with Crippen molar-refractivity contribution < 1.29 is 4.39 Å². The fourth-order valence-electron chi connectivity index (χ4n) is 2.72. The first-order valence-electron chi connectivity index (χ1n) is 6.88. The third-order valence-electron chi connectivity index (χ3n) is 3.77. The molecule has 0 saturated heterocycles. The Hall–Kier alpha value is -1.38. The van der Waals surface area contributed by atoms with E-state index in [0.717, 1.165) is 12.1 Å². The summed E-state index contributed by atoms with van der Waals surface area (Å²) < 4.78 is 13.5. The Morgan fingerprint density at radius 3 is 2.60 bits per heavy atom. The van der Waals surface area contributed by atoms with Crippen LogP contribution in [-0.4, -0.2) is 0 Å². The second kappa shape index (κ2) is 6.87. The van der Waals surface area contributed by atoms with Gasteiger partial charge >= 0.3 is 0 Å². The molecule has 0 bridgehead atoms. The van der Waals surface area contributed by atoms with Crippen molar-refractivity contribution in [2.45, 2.75) is 32.4 Å². The summed E-state index contributed by atoms with van der Waals surface area (Å²) in [4.78, 5) is 0. The van der Waals surface area contributed by atoms with Crippen molar-refractivity contribution in [3.8, 4) is 0 Å². The number of benzene rings is 2. The third-order valence-corrected chi connectivity index (χ3v) is 3.77. The molecular weight excluding hydrogens is 273 g/mol. The van der Waals surface area contributed by atoms with E-state index in [1.807, 2.05) is 12.1 Å². The van der Waals surface area contributed by atoms with E-state index in [4.69, 9.17) is 0 Å². The van der Waals surface area contributed by atoms with Gasteiger partial charge in [0.05, 0.1) is 0 Å². The molecule has 20 heavy (non-hydrogen) atoms. The van der Waals surface area contributed by atoms with Crippen LogP contribution in [0.5, 0.6) is 0 Å². The minimum atomic E-state index is -0.135. The summed E-state index contributed by atoms with van der Waals surface area (Å²) in [7, 11) is 0. The van der Waals surface area contributed by atoms with E-state index in [0.29, 0.717) is 6.54 Å².